The van der Waals surface area contributed by atoms with Crippen molar-refractivity contribution >= 4 is 43.7 Å². The van der Waals surface area contributed by atoms with Crippen LogP contribution in [0.5, 0.6) is 0 Å². The lowest BCUT2D eigenvalue weighted by Crippen LogP contribution is -2.30. The lowest BCUT2D eigenvalue weighted by atomic mass is 9.82. The van der Waals surface area contributed by atoms with Crippen LogP contribution in [0.4, 0.5) is 0 Å². The van der Waals surface area contributed by atoms with Crippen LogP contribution < -0.4 is 4.57 Å². The molecule has 1 aliphatic rings. The Morgan fingerprint density at radius 1 is 0.711 bits per heavy atom. The molecular formula is C41H30N3O+. The van der Waals surface area contributed by atoms with Crippen molar-refractivity contribution < 1.29 is 8.98 Å². The molecule has 0 fully saturated rings. The number of nitriles is 1. The third-order valence-corrected chi connectivity index (χ3v) is 10.0. The Morgan fingerprint density at radius 3 is 2.31 bits per heavy atom. The molecule has 0 saturated heterocycles. The monoisotopic (exact) mass is 580 g/mol. The molecular weight excluding hydrogens is 550 g/mol. The first-order chi connectivity index (χ1) is 21.9. The Hall–Kier alpha value is -5.66. The molecule has 0 amide bonds. The molecule has 0 spiro atoms. The molecule has 214 valence electrons. The summed E-state index contributed by atoms with van der Waals surface area (Å²) in [5, 5.41) is 14.9. The second-order valence-electron chi connectivity index (χ2n) is 12.8. The number of aryl methyl sites for hydroxylation is 2. The predicted molar refractivity (Wildman–Crippen MR) is 182 cm³/mol. The standard InChI is InChI=1S/C41H30N3O/c1-24-16-18-28-29-19-17-25(23-42)38(40(29)45-39(28)37(24)35-15-9-10-20-43(35)4)44-34-14-8-6-12-27(34)31-21-30-26-11-5-7-13-32(26)41(2,3)33(30)22-36(31)44/h5-22H,1-4H3/q+1. The van der Waals surface area contributed by atoms with E-state index >= 15 is 0 Å². The maximum absolute atomic E-state index is 10.6. The molecule has 5 aromatic carbocycles. The number of nitrogens with zero attached hydrogens (tertiary/aromatic N) is 3. The summed E-state index contributed by atoms with van der Waals surface area (Å²) in [7, 11) is 2.06. The zero-order chi connectivity index (χ0) is 30.6. The molecule has 8 aromatic rings. The van der Waals surface area contributed by atoms with E-state index in [1.807, 2.05) is 18.2 Å². The van der Waals surface area contributed by atoms with Gasteiger partial charge in [0.05, 0.1) is 22.2 Å². The number of pyridine rings is 1. The van der Waals surface area contributed by atoms with Gasteiger partial charge < -0.3 is 8.98 Å². The molecule has 0 N–H and O–H groups in total. The van der Waals surface area contributed by atoms with E-state index < -0.39 is 0 Å². The normalized spacial score (nSPS) is 13.5. The average Bonchev–Trinajstić information content (AvgIpc) is 3.66. The highest BCUT2D eigenvalue weighted by Gasteiger charge is 2.36. The number of hydrogen-bond donors (Lipinski definition) is 0. The van der Waals surface area contributed by atoms with Gasteiger partial charge in [-0.1, -0.05) is 68.4 Å². The van der Waals surface area contributed by atoms with E-state index in [0.29, 0.717) is 5.56 Å². The van der Waals surface area contributed by atoms with E-state index in [-0.39, 0.29) is 5.41 Å². The summed E-state index contributed by atoms with van der Waals surface area (Å²) in [6.45, 7) is 6.75. The molecule has 3 aromatic heterocycles. The van der Waals surface area contributed by atoms with Crippen molar-refractivity contribution in [1.82, 2.24) is 4.57 Å². The second kappa shape index (κ2) is 8.94. The smallest absolute Gasteiger partial charge is 0.216 e. The minimum Gasteiger partial charge on any atom is -0.453 e. The summed E-state index contributed by atoms with van der Waals surface area (Å²) in [5.74, 6) is 0. The van der Waals surface area contributed by atoms with E-state index in [4.69, 9.17) is 4.42 Å². The fraction of sp³-hybridized carbons (Fsp3) is 0.122. The minimum absolute atomic E-state index is 0.150. The van der Waals surface area contributed by atoms with E-state index in [9.17, 15) is 5.26 Å². The molecule has 45 heavy (non-hydrogen) atoms. The zero-order valence-electron chi connectivity index (χ0n) is 25.6. The molecule has 0 aliphatic heterocycles. The minimum atomic E-state index is -0.150. The van der Waals surface area contributed by atoms with Gasteiger partial charge in [0.15, 0.2) is 11.8 Å². The van der Waals surface area contributed by atoms with E-state index in [2.05, 4.69) is 134 Å². The third kappa shape index (κ3) is 3.33. The van der Waals surface area contributed by atoms with Crippen molar-refractivity contribution in [1.29, 1.82) is 5.26 Å². The van der Waals surface area contributed by atoms with Crippen molar-refractivity contribution in [2.75, 3.05) is 0 Å². The molecule has 3 heterocycles. The molecule has 4 nitrogen and oxygen atoms in total. The first-order valence-corrected chi connectivity index (χ1v) is 15.4. The van der Waals surface area contributed by atoms with E-state index in [1.165, 1.54) is 27.6 Å². The van der Waals surface area contributed by atoms with Crippen LogP contribution in [0.2, 0.25) is 0 Å². The Morgan fingerprint density at radius 2 is 1.47 bits per heavy atom. The number of hydrogen-bond acceptors (Lipinski definition) is 2. The van der Waals surface area contributed by atoms with Crippen LogP contribution >= 0.6 is 0 Å². The molecule has 0 saturated carbocycles. The van der Waals surface area contributed by atoms with Crippen molar-refractivity contribution in [2.24, 2.45) is 7.05 Å². The van der Waals surface area contributed by atoms with Gasteiger partial charge in [-0.3, -0.25) is 0 Å². The van der Waals surface area contributed by atoms with Gasteiger partial charge in [-0.05, 0) is 71.1 Å². The highest BCUT2D eigenvalue weighted by molar-refractivity contribution is 6.16. The Balaban J connectivity index is 1.43. The molecule has 0 unspecified atom stereocenters. The van der Waals surface area contributed by atoms with Gasteiger partial charge in [0.2, 0.25) is 5.69 Å². The summed E-state index contributed by atoms with van der Waals surface area (Å²) in [6, 6.07) is 39.0. The van der Waals surface area contributed by atoms with Gasteiger partial charge in [-0.2, -0.15) is 5.26 Å². The molecule has 4 heteroatoms. The van der Waals surface area contributed by atoms with Gasteiger partial charge in [0.25, 0.3) is 0 Å². The van der Waals surface area contributed by atoms with Crippen LogP contribution in [0.1, 0.15) is 36.1 Å². The topological polar surface area (TPSA) is 45.7 Å². The number of para-hydroxylation sites is 1. The molecule has 0 radical (unpaired) electrons. The van der Waals surface area contributed by atoms with Crippen LogP contribution in [-0.2, 0) is 12.5 Å². The SMILES string of the molecule is Cc1ccc2c(oc3c(-n4c5ccccc5c5cc6c(cc54)C(C)(C)c4ccccc4-6)c(C#N)ccc32)c1-c1cccc[n+]1C. The first kappa shape index (κ1) is 25.8. The average molecular weight is 581 g/mol. The molecule has 1 aliphatic carbocycles. The van der Waals surface area contributed by atoms with Crippen LogP contribution in [0.15, 0.2) is 114 Å². The highest BCUT2D eigenvalue weighted by Crippen LogP contribution is 2.51. The van der Waals surface area contributed by atoms with Gasteiger partial charge in [-0.15, -0.1) is 0 Å². The lowest BCUT2D eigenvalue weighted by molar-refractivity contribution is -0.660. The van der Waals surface area contributed by atoms with Crippen LogP contribution in [-0.4, -0.2) is 4.57 Å². The van der Waals surface area contributed by atoms with Crippen molar-refractivity contribution in [2.45, 2.75) is 26.2 Å². The Kier molecular flexibility index (Phi) is 5.12. The van der Waals surface area contributed by atoms with E-state index in [1.54, 1.807) is 0 Å². The number of rotatable bonds is 2. The van der Waals surface area contributed by atoms with Crippen LogP contribution in [0.3, 0.4) is 0 Å². The fourth-order valence-corrected chi connectivity index (χ4v) is 7.81. The summed E-state index contributed by atoms with van der Waals surface area (Å²) in [6.07, 6.45) is 2.06. The molecule has 0 bridgehead atoms. The number of aromatic nitrogens is 2. The van der Waals surface area contributed by atoms with Gasteiger partial charge in [0.1, 0.15) is 24.4 Å². The largest absolute Gasteiger partial charge is 0.453 e. The summed E-state index contributed by atoms with van der Waals surface area (Å²) < 4.78 is 11.4. The van der Waals surface area contributed by atoms with Crippen LogP contribution in [0.25, 0.3) is 71.8 Å². The quantitative estimate of drug-likeness (QED) is 0.191. The molecule has 0 atom stereocenters. The number of fused-ring (bicyclic) bond motifs is 9. The van der Waals surface area contributed by atoms with Crippen molar-refractivity contribution in [3.05, 3.63) is 132 Å². The predicted octanol–water partition coefficient (Wildman–Crippen LogP) is 9.66. The van der Waals surface area contributed by atoms with Crippen molar-refractivity contribution in [3.63, 3.8) is 0 Å². The molecule has 9 rings (SSSR count). The van der Waals surface area contributed by atoms with Crippen molar-refractivity contribution in [3.8, 4) is 34.1 Å². The van der Waals surface area contributed by atoms with Gasteiger partial charge in [0, 0.05) is 39.1 Å². The Bertz CT molecular complexity index is 2610. The Labute approximate surface area is 261 Å². The number of furan rings is 1. The zero-order valence-corrected chi connectivity index (χ0v) is 25.6. The highest BCUT2D eigenvalue weighted by atomic mass is 16.3. The summed E-state index contributed by atoms with van der Waals surface area (Å²) >= 11 is 0. The maximum Gasteiger partial charge on any atom is 0.216 e. The fourth-order valence-electron chi connectivity index (χ4n) is 7.81. The lowest BCUT2D eigenvalue weighted by Gasteiger charge is -2.21. The van der Waals surface area contributed by atoms with Gasteiger partial charge >= 0.3 is 0 Å². The van der Waals surface area contributed by atoms with Crippen LogP contribution in [0, 0.1) is 18.3 Å². The first-order valence-electron chi connectivity index (χ1n) is 15.4. The van der Waals surface area contributed by atoms with Gasteiger partial charge in [-0.25, -0.2) is 4.57 Å². The summed E-state index contributed by atoms with van der Waals surface area (Å²) in [4.78, 5) is 0. The maximum atomic E-state index is 10.6. The number of benzene rings is 5. The second-order valence-corrected chi connectivity index (χ2v) is 12.8. The third-order valence-electron chi connectivity index (χ3n) is 10.0. The van der Waals surface area contributed by atoms with E-state index in [0.717, 1.165) is 60.9 Å². The summed E-state index contributed by atoms with van der Waals surface area (Å²) in [5.41, 5.74) is 13.4.